The van der Waals surface area contributed by atoms with Gasteiger partial charge in [-0.1, -0.05) is 30.3 Å². The number of nitriles is 1. The molecule has 2 aromatic rings. The second kappa shape index (κ2) is 6.52. The number of rotatable bonds is 4. The molecule has 2 rings (SSSR count). The molecule has 0 amide bonds. The van der Waals surface area contributed by atoms with Crippen LogP contribution >= 0.6 is 11.3 Å². The van der Waals surface area contributed by atoms with E-state index in [0.717, 1.165) is 10.4 Å². The monoisotopic (exact) mass is 318 g/mol. The quantitative estimate of drug-likeness (QED) is 0.933. The number of benzene rings is 1. The van der Waals surface area contributed by atoms with Gasteiger partial charge in [0.1, 0.15) is 6.07 Å². The Labute approximate surface area is 132 Å². The minimum absolute atomic E-state index is 0.168. The first kappa shape index (κ1) is 15.9. The van der Waals surface area contributed by atoms with E-state index in [4.69, 9.17) is 5.26 Å². The third-order valence-corrected chi connectivity index (χ3v) is 5.51. The van der Waals surface area contributed by atoms with E-state index in [2.05, 4.69) is 10.8 Å². The van der Waals surface area contributed by atoms with Crippen LogP contribution < -0.4 is 4.72 Å². The summed E-state index contributed by atoms with van der Waals surface area (Å²) in [5.74, 6) is 0. The van der Waals surface area contributed by atoms with Gasteiger partial charge in [0.25, 0.3) is 0 Å². The smallest absolute Gasteiger partial charge is 0.100 e. The standard InChI is InChI=1S/C16H18N2OS2/c1-16(2,3)21(19)18-15(13-7-5-4-6-8-13)14-9-12(10-17)11-20-14/h4-9,11,15,18H,1-3H3. The predicted molar refractivity (Wildman–Crippen MR) is 88.4 cm³/mol. The maximum Gasteiger partial charge on any atom is 0.100 e. The highest BCUT2D eigenvalue weighted by atomic mass is 32.2. The molecule has 2 unspecified atom stereocenters. The molecule has 0 saturated heterocycles. The highest BCUT2D eigenvalue weighted by Gasteiger charge is 2.25. The molecule has 1 N–H and O–H groups in total. The molecule has 110 valence electrons. The van der Waals surface area contributed by atoms with Crippen LogP contribution in [-0.2, 0) is 11.0 Å². The van der Waals surface area contributed by atoms with Gasteiger partial charge in [0, 0.05) is 10.3 Å². The SMILES string of the molecule is CC(C)(C)S(=O)NC(c1ccccc1)c1cc(C#N)cs1. The van der Waals surface area contributed by atoms with Crippen molar-refractivity contribution in [3.63, 3.8) is 0 Å². The van der Waals surface area contributed by atoms with Gasteiger partial charge in [0.05, 0.1) is 27.3 Å². The highest BCUT2D eigenvalue weighted by Crippen LogP contribution is 2.29. The topological polar surface area (TPSA) is 52.9 Å². The highest BCUT2D eigenvalue weighted by molar-refractivity contribution is 7.84. The zero-order valence-electron chi connectivity index (χ0n) is 12.3. The van der Waals surface area contributed by atoms with Crippen molar-refractivity contribution in [1.82, 2.24) is 4.72 Å². The fraction of sp³-hybridized carbons (Fsp3) is 0.312. The lowest BCUT2D eigenvalue weighted by atomic mass is 10.1. The van der Waals surface area contributed by atoms with Gasteiger partial charge < -0.3 is 0 Å². The van der Waals surface area contributed by atoms with Crippen molar-refractivity contribution in [1.29, 1.82) is 5.26 Å². The first-order chi connectivity index (χ1) is 9.91. The van der Waals surface area contributed by atoms with Crippen LogP contribution in [0.2, 0.25) is 0 Å². The van der Waals surface area contributed by atoms with Crippen molar-refractivity contribution in [2.24, 2.45) is 0 Å². The summed E-state index contributed by atoms with van der Waals surface area (Å²) in [5, 5.41) is 10.8. The molecule has 0 aliphatic heterocycles. The molecule has 0 aliphatic rings. The molecule has 2 atom stereocenters. The van der Waals surface area contributed by atoms with E-state index in [9.17, 15) is 4.21 Å². The first-order valence-corrected chi connectivity index (χ1v) is 8.66. The summed E-state index contributed by atoms with van der Waals surface area (Å²) < 4.78 is 15.3. The van der Waals surface area contributed by atoms with Crippen molar-refractivity contribution in [3.8, 4) is 6.07 Å². The third kappa shape index (κ3) is 4.01. The van der Waals surface area contributed by atoms with Crippen molar-refractivity contribution in [3.05, 3.63) is 57.8 Å². The van der Waals surface area contributed by atoms with Crippen LogP contribution in [0.25, 0.3) is 0 Å². The molecular weight excluding hydrogens is 300 g/mol. The van der Waals surface area contributed by atoms with Gasteiger partial charge in [0.15, 0.2) is 0 Å². The largest absolute Gasteiger partial charge is 0.242 e. The van der Waals surface area contributed by atoms with Gasteiger partial charge in [-0.05, 0) is 32.4 Å². The summed E-state index contributed by atoms with van der Waals surface area (Å²) in [7, 11) is -1.19. The summed E-state index contributed by atoms with van der Waals surface area (Å²) in [6.45, 7) is 5.81. The van der Waals surface area contributed by atoms with Gasteiger partial charge in [-0.2, -0.15) is 5.26 Å². The normalized spacial score (nSPS) is 14.4. The van der Waals surface area contributed by atoms with Crippen LogP contribution in [0.3, 0.4) is 0 Å². The average molecular weight is 318 g/mol. The number of hydrogen-bond donors (Lipinski definition) is 1. The Bertz CT molecular complexity index is 666. The maximum atomic E-state index is 12.4. The number of hydrogen-bond acceptors (Lipinski definition) is 3. The summed E-state index contributed by atoms with van der Waals surface area (Å²) in [6, 6.07) is 13.7. The van der Waals surface area contributed by atoms with Crippen molar-refractivity contribution >= 4 is 22.3 Å². The minimum Gasteiger partial charge on any atom is -0.242 e. The van der Waals surface area contributed by atoms with Crippen LogP contribution in [0, 0.1) is 11.3 Å². The Morgan fingerprint density at radius 1 is 1.29 bits per heavy atom. The lowest BCUT2D eigenvalue weighted by Crippen LogP contribution is -2.35. The van der Waals surface area contributed by atoms with E-state index >= 15 is 0 Å². The molecule has 0 saturated carbocycles. The number of thiophene rings is 1. The molecule has 1 aromatic heterocycles. The van der Waals surface area contributed by atoms with Crippen LogP contribution in [0.5, 0.6) is 0 Å². The Morgan fingerprint density at radius 3 is 2.48 bits per heavy atom. The molecule has 0 aliphatic carbocycles. The second-order valence-electron chi connectivity index (χ2n) is 5.69. The zero-order chi connectivity index (χ0) is 15.5. The molecular formula is C16H18N2OS2. The van der Waals surface area contributed by atoms with Crippen LogP contribution in [-0.4, -0.2) is 8.96 Å². The summed E-state index contributed by atoms with van der Waals surface area (Å²) in [6.07, 6.45) is 0. The van der Waals surface area contributed by atoms with E-state index in [-0.39, 0.29) is 10.8 Å². The molecule has 0 fully saturated rings. The summed E-state index contributed by atoms with van der Waals surface area (Å²) >= 11 is 1.51. The fourth-order valence-electron chi connectivity index (χ4n) is 1.78. The van der Waals surface area contributed by atoms with Gasteiger partial charge >= 0.3 is 0 Å². The molecule has 0 radical (unpaired) electrons. The second-order valence-corrected chi connectivity index (χ2v) is 8.63. The molecule has 0 spiro atoms. The molecule has 21 heavy (non-hydrogen) atoms. The minimum atomic E-state index is -1.19. The molecule has 1 heterocycles. The van der Waals surface area contributed by atoms with E-state index in [1.807, 2.05) is 62.5 Å². The molecule has 3 nitrogen and oxygen atoms in total. The van der Waals surface area contributed by atoms with Gasteiger partial charge in [-0.3, -0.25) is 0 Å². The maximum absolute atomic E-state index is 12.4. The van der Waals surface area contributed by atoms with Crippen molar-refractivity contribution < 1.29 is 4.21 Å². The Hall–Kier alpha value is -1.48. The van der Waals surface area contributed by atoms with E-state index in [1.54, 1.807) is 0 Å². The lowest BCUT2D eigenvalue weighted by Gasteiger charge is -2.24. The Balaban J connectivity index is 2.36. The van der Waals surface area contributed by atoms with Gasteiger partial charge in [-0.25, -0.2) is 8.93 Å². The third-order valence-electron chi connectivity index (χ3n) is 2.95. The number of nitrogens with one attached hydrogen (secondary N) is 1. The lowest BCUT2D eigenvalue weighted by molar-refractivity contribution is 0.625. The predicted octanol–water partition coefficient (Wildman–Crippen LogP) is 3.76. The van der Waals surface area contributed by atoms with E-state index in [0.29, 0.717) is 5.56 Å². The average Bonchev–Trinajstić information content (AvgIpc) is 2.93. The molecule has 1 aromatic carbocycles. The number of nitrogens with zero attached hydrogens (tertiary/aromatic N) is 1. The summed E-state index contributed by atoms with van der Waals surface area (Å²) in [4.78, 5) is 0.996. The van der Waals surface area contributed by atoms with Crippen molar-refractivity contribution in [2.75, 3.05) is 0 Å². The fourth-order valence-corrected chi connectivity index (χ4v) is 3.60. The van der Waals surface area contributed by atoms with Crippen LogP contribution in [0.1, 0.15) is 42.8 Å². The van der Waals surface area contributed by atoms with E-state index in [1.165, 1.54) is 11.3 Å². The first-order valence-electron chi connectivity index (χ1n) is 6.63. The Morgan fingerprint density at radius 2 is 1.95 bits per heavy atom. The Kier molecular flexibility index (Phi) is 4.94. The van der Waals surface area contributed by atoms with Crippen molar-refractivity contribution in [2.45, 2.75) is 31.6 Å². The van der Waals surface area contributed by atoms with Crippen LogP contribution in [0.4, 0.5) is 0 Å². The zero-order valence-corrected chi connectivity index (χ0v) is 13.9. The molecule has 0 bridgehead atoms. The van der Waals surface area contributed by atoms with Gasteiger partial charge in [-0.15, -0.1) is 11.3 Å². The van der Waals surface area contributed by atoms with E-state index < -0.39 is 11.0 Å². The summed E-state index contributed by atoms with van der Waals surface area (Å²) in [5.41, 5.74) is 1.68. The molecule has 5 heteroatoms. The van der Waals surface area contributed by atoms with Crippen LogP contribution in [0.15, 0.2) is 41.8 Å². The van der Waals surface area contributed by atoms with Gasteiger partial charge in [0.2, 0.25) is 0 Å².